The smallest absolute Gasteiger partial charge is 0.311 e. The Hall–Kier alpha value is -2.50. The fraction of sp³-hybridized carbons (Fsp3) is 0.312. The minimum absolute atomic E-state index is 0.0905. The van der Waals surface area contributed by atoms with Crippen molar-refractivity contribution in [2.75, 3.05) is 0 Å². The van der Waals surface area contributed by atoms with Crippen molar-refractivity contribution in [1.29, 1.82) is 0 Å². The Labute approximate surface area is 127 Å². The fourth-order valence-corrected chi connectivity index (χ4v) is 2.42. The van der Waals surface area contributed by atoms with Crippen LogP contribution in [-0.4, -0.2) is 15.9 Å². The number of carbonyl (C=O) groups excluding carboxylic acids is 1. The Bertz CT molecular complexity index is 733. The number of esters is 1. The summed E-state index contributed by atoms with van der Waals surface area (Å²) in [5.41, 5.74) is 1.23. The molecule has 0 amide bonds. The lowest BCUT2D eigenvalue weighted by Crippen LogP contribution is -2.18. The van der Waals surface area contributed by atoms with E-state index < -0.39 is 5.82 Å². The van der Waals surface area contributed by atoms with Crippen LogP contribution in [0.5, 0.6) is 17.4 Å². The van der Waals surface area contributed by atoms with Crippen molar-refractivity contribution in [3.05, 3.63) is 41.6 Å². The lowest BCUT2D eigenvalue weighted by atomic mass is 9.95. The fourth-order valence-electron chi connectivity index (χ4n) is 2.42. The highest BCUT2D eigenvalue weighted by molar-refractivity contribution is 5.76. The summed E-state index contributed by atoms with van der Waals surface area (Å²) in [5, 5.41) is 0. The molecule has 0 spiro atoms. The van der Waals surface area contributed by atoms with Gasteiger partial charge in [0.25, 0.3) is 5.88 Å². The molecule has 0 radical (unpaired) electrons. The number of fused-ring (bicyclic) bond motifs is 1. The average molecular weight is 302 g/mol. The zero-order valence-corrected chi connectivity index (χ0v) is 12.3. The second-order valence-electron chi connectivity index (χ2n) is 5.17. The van der Waals surface area contributed by atoms with Gasteiger partial charge in [-0.1, -0.05) is 19.9 Å². The molecule has 0 N–H and O–H groups in total. The van der Waals surface area contributed by atoms with E-state index in [1.165, 1.54) is 6.33 Å². The third-order valence-electron chi connectivity index (χ3n) is 3.59. The highest BCUT2D eigenvalue weighted by Gasteiger charge is 2.24. The topological polar surface area (TPSA) is 61.3 Å². The molecular formula is C16H15FN2O3. The molecule has 114 valence electrons. The van der Waals surface area contributed by atoms with Gasteiger partial charge >= 0.3 is 5.97 Å². The first kappa shape index (κ1) is 14.4. The SMILES string of the molecule is CCc1ncnc(Oc2ccc3c(c2)OC(=O)CC3C)c1F. The Balaban J connectivity index is 1.91. The van der Waals surface area contributed by atoms with Crippen LogP contribution in [0.4, 0.5) is 4.39 Å². The van der Waals surface area contributed by atoms with E-state index in [0.717, 1.165) is 5.56 Å². The van der Waals surface area contributed by atoms with E-state index in [-0.39, 0.29) is 17.8 Å². The Kier molecular flexibility index (Phi) is 3.75. The Morgan fingerprint density at radius 3 is 3.00 bits per heavy atom. The summed E-state index contributed by atoms with van der Waals surface area (Å²) in [6.07, 6.45) is 2.06. The van der Waals surface area contributed by atoms with Crippen LogP contribution in [0.2, 0.25) is 0 Å². The van der Waals surface area contributed by atoms with Crippen molar-refractivity contribution >= 4 is 5.97 Å². The van der Waals surface area contributed by atoms with Gasteiger partial charge in [-0.2, -0.15) is 9.37 Å². The minimum Gasteiger partial charge on any atom is -0.436 e. The molecule has 5 nitrogen and oxygen atoms in total. The molecule has 1 unspecified atom stereocenters. The molecule has 0 fully saturated rings. The number of hydrogen-bond donors (Lipinski definition) is 0. The molecule has 22 heavy (non-hydrogen) atoms. The predicted molar refractivity (Wildman–Crippen MR) is 76.6 cm³/mol. The molecule has 0 saturated heterocycles. The highest BCUT2D eigenvalue weighted by atomic mass is 19.1. The maximum atomic E-state index is 14.1. The molecule has 1 aliphatic heterocycles. The van der Waals surface area contributed by atoms with Crippen molar-refractivity contribution in [3.8, 4) is 17.4 Å². The molecule has 1 aromatic heterocycles. The monoisotopic (exact) mass is 302 g/mol. The summed E-state index contributed by atoms with van der Waals surface area (Å²) in [6, 6.07) is 5.11. The van der Waals surface area contributed by atoms with Crippen LogP contribution >= 0.6 is 0 Å². The predicted octanol–water partition coefficient (Wildman–Crippen LogP) is 3.38. The van der Waals surface area contributed by atoms with E-state index >= 15 is 0 Å². The van der Waals surface area contributed by atoms with Gasteiger partial charge in [-0.3, -0.25) is 4.79 Å². The lowest BCUT2D eigenvalue weighted by Gasteiger charge is -2.21. The summed E-state index contributed by atoms with van der Waals surface area (Å²) in [4.78, 5) is 19.2. The van der Waals surface area contributed by atoms with Crippen molar-refractivity contribution in [3.63, 3.8) is 0 Å². The van der Waals surface area contributed by atoms with E-state index in [4.69, 9.17) is 9.47 Å². The van der Waals surface area contributed by atoms with Gasteiger partial charge in [0.05, 0.1) is 12.1 Å². The van der Waals surface area contributed by atoms with Crippen LogP contribution in [0, 0.1) is 5.82 Å². The van der Waals surface area contributed by atoms with E-state index in [1.54, 1.807) is 19.1 Å². The number of halogens is 1. The molecule has 0 saturated carbocycles. The van der Waals surface area contributed by atoms with Crippen LogP contribution in [0.25, 0.3) is 0 Å². The standard InChI is InChI=1S/C16H15FN2O3/c1-3-12-15(17)16(19-8-18-12)21-10-4-5-11-9(2)6-14(20)22-13(11)7-10/h4-5,7-9H,3,6H2,1-2H3. The number of benzene rings is 1. The highest BCUT2D eigenvalue weighted by Crippen LogP contribution is 2.37. The normalized spacial score (nSPS) is 16.9. The zero-order chi connectivity index (χ0) is 15.7. The average Bonchev–Trinajstić information content (AvgIpc) is 2.49. The first-order valence-corrected chi connectivity index (χ1v) is 7.10. The molecule has 0 aliphatic carbocycles. The van der Waals surface area contributed by atoms with Crippen molar-refractivity contribution in [1.82, 2.24) is 9.97 Å². The maximum Gasteiger partial charge on any atom is 0.311 e. The Morgan fingerprint density at radius 2 is 2.23 bits per heavy atom. The summed E-state index contributed by atoms with van der Waals surface area (Å²) >= 11 is 0. The van der Waals surface area contributed by atoms with Gasteiger partial charge in [-0.25, -0.2) is 4.98 Å². The van der Waals surface area contributed by atoms with Gasteiger partial charge < -0.3 is 9.47 Å². The number of nitrogens with zero attached hydrogens (tertiary/aromatic N) is 2. The number of aromatic nitrogens is 2. The second-order valence-corrected chi connectivity index (χ2v) is 5.17. The third-order valence-corrected chi connectivity index (χ3v) is 3.59. The molecule has 1 aliphatic rings. The van der Waals surface area contributed by atoms with Gasteiger partial charge in [0.1, 0.15) is 17.8 Å². The molecule has 2 aromatic rings. The van der Waals surface area contributed by atoms with Crippen LogP contribution < -0.4 is 9.47 Å². The first-order valence-electron chi connectivity index (χ1n) is 7.10. The number of aryl methyl sites for hydroxylation is 1. The van der Waals surface area contributed by atoms with Gasteiger partial charge in [-0.15, -0.1) is 0 Å². The van der Waals surface area contributed by atoms with Crippen LogP contribution in [0.1, 0.15) is 37.4 Å². The van der Waals surface area contributed by atoms with Crippen molar-refractivity contribution < 1.29 is 18.7 Å². The van der Waals surface area contributed by atoms with E-state index in [9.17, 15) is 9.18 Å². The van der Waals surface area contributed by atoms with E-state index in [2.05, 4.69) is 9.97 Å². The first-order chi connectivity index (χ1) is 10.6. The number of rotatable bonds is 3. The number of hydrogen-bond acceptors (Lipinski definition) is 5. The molecule has 3 rings (SSSR count). The third kappa shape index (κ3) is 2.64. The molecule has 2 heterocycles. The van der Waals surface area contributed by atoms with Crippen molar-refractivity contribution in [2.24, 2.45) is 0 Å². The van der Waals surface area contributed by atoms with E-state index in [1.807, 2.05) is 13.0 Å². The van der Waals surface area contributed by atoms with Gasteiger partial charge in [0, 0.05) is 6.07 Å². The zero-order valence-electron chi connectivity index (χ0n) is 12.3. The van der Waals surface area contributed by atoms with Crippen LogP contribution in [0.3, 0.4) is 0 Å². The molecular weight excluding hydrogens is 287 g/mol. The molecule has 1 atom stereocenters. The van der Waals surface area contributed by atoms with Gasteiger partial charge in [0.2, 0.25) is 5.82 Å². The van der Waals surface area contributed by atoms with Crippen LogP contribution in [0.15, 0.2) is 24.5 Å². The summed E-state index contributed by atoms with van der Waals surface area (Å²) in [7, 11) is 0. The van der Waals surface area contributed by atoms with Gasteiger partial charge in [0.15, 0.2) is 0 Å². The lowest BCUT2D eigenvalue weighted by molar-refractivity contribution is -0.135. The number of ether oxygens (including phenoxy) is 2. The van der Waals surface area contributed by atoms with Crippen LogP contribution in [-0.2, 0) is 11.2 Å². The Morgan fingerprint density at radius 1 is 1.41 bits per heavy atom. The maximum absolute atomic E-state index is 14.1. The van der Waals surface area contributed by atoms with Gasteiger partial charge in [-0.05, 0) is 24.0 Å². The number of carbonyl (C=O) groups is 1. The quantitative estimate of drug-likeness (QED) is 0.642. The second kappa shape index (κ2) is 5.71. The largest absolute Gasteiger partial charge is 0.436 e. The summed E-state index contributed by atoms with van der Waals surface area (Å²) in [6.45, 7) is 3.76. The van der Waals surface area contributed by atoms with Crippen molar-refractivity contribution in [2.45, 2.75) is 32.6 Å². The summed E-state index contributed by atoms with van der Waals surface area (Å²) in [5.74, 6) is -0.0896. The molecule has 6 heteroatoms. The minimum atomic E-state index is -0.576. The molecule has 1 aromatic carbocycles. The van der Waals surface area contributed by atoms with E-state index in [0.29, 0.717) is 30.0 Å². The summed E-state index contributed by atoms with van der Waals surface area (Å²) < 4.78 is 24.8. The molecule has 0 bridgehead atoms.